The van der Waals surface area contributed by atoms with Crippen LogP contribution in [-0.2, 0) is 13.2 Å². The largest absolute Gasteiger partial charge is 0.486 e. The van der Waals surface area contributed by atoms with Crippen LogP contribution in [0.25, 0.3) is 10.9 Å². The van der Waals surface area contributed by atoms with Gasteiger partial charge in [0.05, 0.1) is 11.1 Å². The third kappa shape index (κ3) is 5.42. The first kappa shape index (κ1) is 22.0. The summed E-state index contributed by atoms with van der Waals surface area (Å²) >= 11 is 0. The molecule has 174 valence electrons. The normalized spacial score (nSPS) is 17.6. The van der Waals surface area contributed by atoms with Gasteiger partial charge in [-0.3, -0.25) is 9.78 Å². The number of aromatic nitrogens is 3. The van der Waals surface area contributed by atoms with Crippen molar-refractivity contribution >= 4 is 10.9 Å². The first-order valence-corrected chi connectivity index (χ1v) is 12.3. The second-order valence-corrected chi connectivity index (χ2v) is 9.33. The summed E-state index contributed by atoms with van der Waals surface area (Å²) in [6.45, 7) is 3.94. The van der Waals surface area contributed by atoms with Gasteiger partial charge in [-0.05, 0) is 80.9 Å². The zero-order chi connectivity index (χ0) is 22.5. The summed E-state index contributed by atoms with van der Waals surface area (Å²) in [7, 11) is 0. The van der Waals surface area contributed by atoms with Gasteiger partial charge in [0.15, 0.2) is 0 Å². The van der Waals surface area contributed by atoms with Gasteiger partial charge >= 0.3 is 0 Å². The highest BCUT2D eigenvalue weighted by Gasteiger charge is 2.17. The van der Waals surface area contributed by atoms with Crippen LogP contribution in [0.15, 0.2) is 41.3 Å². The fraction of sp³-hybridized carbons (Fsp3) is 0.500. The third-order valence-corrected chi connectivity index (χ3v) is 7.02. The Kier molecular flexibility index (Phi) is 6.98. The first-order valence-electron chi connectivity index (χ1n) is 12.3. The summed E-state index contributed by atoms with van der Waals surface area (Å²) in [5.41, 5.74) is 2.69. The summed E-state index contributed by atoms with van der Waals surface area (Å²) in [5, 5.41) is 7.48. The molecule has 0 bridgehead atoms. The van der Waals surface area contributed by atoms with Crippen LogP contribution in [0.5, 0.6) is 5.75 Å². The molecule has 3 heterocycles. The lowest BCUT2D eigenvalue weighted by molar-refractivity contribution is 0.296. The molecular formula is C26H33N5O2. The first-order chi connectivity index (χ1) is 16.3. The maximum atomic E-state index is 12.7. The molecule has 5 rings (SSSR count). The van der Waals surface area contributed by atoms with Crippen LogP contribution < -0.4 is 20.9 Å². The van der Waals surface area contributed by atoms with E-state index in [1.807, 2.05) is 12.1 Å². The number of ether oxygens (including phenoxy) is 1. The quantitative estimate of drug-likeness (QED) is 0.488. The van der Waals surface area contributed by atoms with Crippen LogP contribution >= 0.6 is 0 Å². The molecule has 7 nitrogen and oxygen atoms in total. The maximum Gasteiger partial charge on any atom is 0.258 e. The predicted octanol–water partition coefficient (Wildman–Crippen LogP) is 3.64. The molecule has 3 aromatic rings. The van der Waals surface area contributed by atoms with Gasteiger partial charge in [0.1, 0.15) is 23.7 Å². The molecule has 3 N–H and O–H groups in total. The number of piperidine rings is 1. The highest BCUT2D eigenvalue weighted by molar-refractivity contribution is 5.79. The van der Waals surface area contributed by atoms with Gasteiger partial charge in [0.2, 0.25) is 0 Å². The summed E-state index contributed by atoms with van der Waals surface area (Å²) in [4.78, 5) is 24.7. The van der Waals surface area contributed by atoms with E-state index in [4.69, 9.17) is 9.72 Å². The average molecular weight is 448 g/mol. The van der Waals surface area contributed by atoms with Crippen molar-refractivity contribution in [2.24, 2.45) is 5.92 Å². The number of H-pyrrole nitrogens is 1. The fourth-order valence-corrected chi connectivity index (χ4v) is 5.09. The maximum absolute atomic E-state index is 12.7. The number of aromatic amines is 1. The number of nitrogens with zero attached hydrogens (tertiary/aromatic N) is 2. The Hall–Kier alpha value is -2.77. The van der Waals surface area contributed by atoms with E-state index < -0.39 is 0 Å². The molecule has 1 aromatic carbocycles. The number of hydrogen-bond donors (Lipinski definition) is 3. The molecule has 0 amide bonds. The van der Waals surface area contributed by atoms with Gasteiger partial charge in [0, 0.05) is 12.7 Å². The topological polar surface area (TPSA) is 91.9 Å². The van der Waals surface area contributed by atoms with Crippen LogP contribution in [0.1, 0.15) is 61.5 Å². The van der Waals surface area contributed by atoms with Crippen molar-refractivity contribution in [3.05, 3.63) is 64.0 Å². The zero-order valence-electron chi connectivity index (χ0n) is 19.1. The lowest BCUT2D eigenvalue weighted by Crippen LogP contribution is -2.33. The zero-order valence-corrected chi connectivity index (χ0v) is 19.1. The van der Waals surface area contributed by atoms with Gasteiger partial charge in [-0.1, -0.05) is 25.0 Å². The Labute approximate surface area is 194 Å². The molecule has 1 aliphatic carbocycles. The average Bonchev–Trinajstić information content (AvgIpc) is 3.39. The van der Waals surface area contributed by atoms with Gasteiger partial charge < -0.3 is 20.4 Å². The monoisotopic (exact) mass is 447 g/mol. The van der Waals surface area contributed by atoms with Crippen molar-refractivity contribution in [3.8, 4) is 5.75 Å². The predicted molar refractivity (Wildman–Crippen MR) is 129 cm³/mol. The van der Waals surface area contributed by atoms with Crippen LogP contribution in [0.4, 0.5) is 0 Å². The molecule has 1 saturated carbocycles. The minimum Gasteiger partial charge on any atom is -0.486 e. The van der Waals surface area contributed by atoms with E-state index in [0.717, 1.165) is 31.1 Å². The Morgan fingerprint density at radius 3 is 2.61 bits per heavy atom. The van der Waals surface area contributed by atoms with E-state index in [9.17, 15) is 4.79 Å². The van der Waals surface area contributed by atoms with Gasteiger partial charge in [-0.25, -0.2) is 4.98 Å². The van der Waals surface area contributed by atoms with E-state index in [2.05, 4.69) is 32.7 Å². The molecule has 0 atom stereocenters. The van der Waals surface area contributed by atoms with E-state index in [0.29, 0.717) is 35.1 Å². The lowest BCUT2D eigenvalue weighted by atomic mass is 9.98. The van der Waals surface area contributed by atoms with E-state index >= 15 is 0 Å². The van der Waals surface area contributed by atoms with Crippen molar-refractivity contribution in [2.75, 3.05) is 19.6 Å². The molecule has 1 saturated heterocycles. The Bertz CT molecular complexity index is 1120. The Morgan fingerprint density at radius 1 is 1.03 bits per heavy atom. The van der Waals surface area contributed by atoms with Crippen LogP contribution in [0, 0.1) is 5.92 Å². The van der Waals surface area contributed by atoms with Crippen molar-refractivity contribution in [1.82, 2.24) is 25.6 Å². The lowest BCUT2D eigenvalue weighted by Gasteiger charge is -2.22. The van der Waals surface area contributed by atoms with Crippen LogP contribution in [0.3, 0.4) is 0 Å². The van der Waals surface area contributed by atoms with Crippen LogP contribution in [0.2, 0.25) is 0 Å². The van der Waals surface area contributed by atoms with Gasteiger partial charge in [0.25, 0.3) is 5.56 Å². The molecule has 2 aliphatic rings. The smallest absolute Gasteiger partial charge is 0.258 e. The Morgan fingerprint density at radius 2 is 1.82 bits per heavy atom. The van der Waals surface area contributed by atoms with Gasteiger partial charge in [-0.15, -0.1) is 0 Å². The summed E-state index contributed by atoms with van der Waals surface area (Å²) in [6.07, 6.45) is 9.29. The summed E-state index contributed by atoms with van der Waals surface area (Å²) in [6, 6.07) is 10.1. The molecule has 2 aromatic heterocycles. The minimum absolute atomic E-state index is 0.155. The molecular weight excluding hydrogens is 414 g/mol. The number of pyridine rings is 1. The number of fused-ring (bicyclic) bond motifs is 1. The van der Waals surface area contributed by atoms with E-state index in [1.165, 1.54) is 44.1 Å². The van der Waals surface area contributed by atoms with E-state index in [-0.39, 0.29) is 12.2 Å². The SMILES string of the molecule is O=c1[nH]c(COc2ccc(C3CCCC3)cc2)nc2c(CNCC3CCNCC3)nccc12. The molecule has 33 heavy (non-hydrogen) atoms. The van der Waals surface area contributed by atoms with Crippen LogP contribution in [-0.4, -0.2) is 34.6 Å². The molecule has 0 spiro atoms. The number of benzene rings is 1. The van der Waals surface area contributed by atoms with Crippen molar-refractivity contribution in [1.29, 1.82) is 0 Å². The summed E-state index contributed by atoms with van der Waals surface area (Å²) in [5.74, 6) is 2.67. The van der Waals surface area contributed by atoms with E-state index in [1.54, 1.807) is 12.3 Å². The second kappa shape index (κ2) is 10.4. The number of hydrogen-bond acceptors (Lipinski definition) is 6. The third-order valence-electron chi connectivity index (χ3n) is 7.02. The van der Waals surface area contributed by atoms with Gasteiger partial charge in [-0.2, -0.15) is 0 Å². The number of rotatable bonds is 8. The Balaban J connectivity index is 1.25. The molecule has 0 radical (unpaired) electrons. The molecule has 7 heteroatoms. The van der Waals surface area contributed by atoms with Crippen molar-refractivity contribution in [3.63, 3.8) is 0 Å². The molecule has 2 fully saturated rings. The highest BCUT2D eigenvalue weighted by Crippen LogP contribution is 2.34. The fourth-order valence-electron chi connectivity index (χ4n) is 5.09. The second-order valence-electron chi connectivity index (χ2n) is 9.33. The van der Waals surface area contributed by atoms with Crippen molar-refractivity contribution in [2.45, 2.75) is 57.6 Å². The van der Waals surface area contributed by atoms with Crippen molar-refractivity contribution < 1.29 is 4.74 Å². The number of nitrogens with one attached hydrogen (secondary N) is 3. The molecule has 1 aliphatic heterocycles. The molecule has 0 unspecified atom stereocenters. The highest BCUT2D eigenvalue weighted by atomic mass is 16.5. The standard InChI is InChI=1S/C26H33N5O2/c32-26-22-11-14-29-23(16-28-15-18-9-12-27-13-10-18)25(22)30-24(31-26)17-33-21-7-5-20(6-8-21)19-3-1-2-4-19/h5-8,11,14,18-19,27-28H,1-4,9-10,12-13,15-17H2,(H,30,31,32). The minimum atomic E-state index is -0.155. The summed E-state index contributed by atoms with van der Waals surface area (Å²) < 4.78 is 5.94.